The lowest BCUT2D eigenvalue weighted by molar-refractivity contribution is 0.193. The van der Waals surface area contributed by atoms with E-state index in [9.17, 15) is 8.78 Å². The van der Waals surface area contributed by atoms with Gasteiger partial charge in [0, 0.05) is 30.8 Å². The lowest BCUT2D eigenvalue weighted by atomic mass is 9.88. The summed E-state index contributed by atoms with van der Waals surface area (Å²) in [5.74, 6) is 0.144. The van der Waals surface area contributed by atoms with Gasteiger partial charge in [0.15, 0.2) is 11.6 Å². The topological polar surface area (TPSA) is 66.8 Å². The lowest BCUT2D eigenvalue weighted by Crippen LogP contribution is -2.36. The minimum Gasteiger partial charge on any atom is -0.364 e. The summed E-state index contributed by atoms with van der Waals surface area (Å²) >= 11 is 0. The summed E-state index contributed by atoms with van der Waals surface area (Å²) in [6, 6.07) is 3.41. The van der Waals surface area contributed by atoms with Crippen molar-refractivity contribution < 1.29 is 13.2 Å². The number of nitrogens with one attached hydrogen (secondary N) is 1. The van der Waals surface area contributed by atoms with Crippen LogP contribution in [-0.4, -0.2) is 39.3 Å². The van der Waals surface area contributed by atoms with E-state index >= 15 is 4.39 Å². The van der Waals surface area contributed by atoms with Gasteiger partial charge < -0.3 is 10.2 Å². The summed E-state index contributed by atoms with van der Waals surface area (Å²) in [6.45, 7) is 3.32. The van der Waals surface area contributed by atoms with Crippen LogP contribution in [0.4, 0.5) is 24.8 Å². The van der Waals surface area contributed by atoms with Gasteiger partial charge in [-0.25, -0.2) is 23.1 Å². The molecular formula is C22H23F3N6. The number of aromatic nitrogens is 4. The molecule has 9 heteroatoms. The van der Waals surface area contributed by atoms with E-state index in [0.29, 0.717) is 54.7 Å². The molecule has 162 valence electrons. The van der Waals surface area contributed by atoms with Crippen molar-refractivity contribution in [3.63, 3.8) is 0 Å². The second-order valence-corrected chi connectivity index (χ2v) is 8.51. The highest BCUT2D eigenvalue weighted by molar-refractivity contribution is 5.79. The molecule has 6 nitrogen and oxygen atoms in total. The summed E-state index contributed by atoms with van der Waals surface area (Å²) in [7, 11) is 0. The number of piperidine rings is 1. The van der Waals surface area contributed by atoms with Gasteiger partial charge in [-0.05, 0) is 37.2 Å². The number of alkyl halides is 1. The Bertz CT molecular complexity index is 1100. The molecule has 1 aromatic carbocycles. The Morgan fingerprint density at radius 2 is 1.74 bits per heavy atom. The van der Waals surface area contributed by atoms with Crippen LogP contribution in [0.5, 0.6) is 0 Å². The molecule has 3 aromatic rings. The van der Waals surface area contributed by atoms with Gasteiger partial charge in [-0.2, -0.15) is 10.2 Å². The van der Waals surface area contributed by atoms with Crippen LogP contribution in [0.1, 0.15) is 37.9 Å². The first-order valence-electron chi connectivity index (χ1n) is 10.6. The van der Waals surface area contributed by atoms with E-state index in [0.717, 1.165) is 24.4 Å². The van der Waals surface area contributed by atoms with Crippen LogP contribution in [0.15, 0.2) is 30.6 Å². The lowest BCUT2D eigenvalue weighted by Gasteiger charge is -2.35. The van der Waals surface area contributed by atoms with Gasteiger partial charge in [0.05, 0.1) is 12.4 Å². The van der Waals surface area contributed by atoms with E-state index in [-0.39, 0.29) is 11.5 Å². The highest BCUT2D eigenvalue weighted by atomic mass is 19.1. The van der Waals surface area contributed by atoms with E-state index in [1.807, 2.05) is 0 Å². The predicted molar refractivity (Wildman–Crippen MR) is 111 cm³/mol. The molecule has 2 fully saturated rings. The zero-order valence-electron chi connectivity index (χ0n) is 17.1. The second kappa shape index (κ2) is 7.94. The smallest absolute Gasteiger partial charge is 0.172 e. The van der Waals surface area contributed by atoms with Gasteiger partial charge in [0.2, 0.25) is 0 Å². The molecule has 0 amide bonds. The molecule has 2 aliphatic rings. The van der Waals surface area contributed by atoms with Crippen molar-refractivity contribution >= 4 is 22.7 Å². The molecule has 0 unspecified atom stereocenters. The van der Waals surface area contributed by atoms with Gasteiger partial charge in [-0.15, -0.1) is 0 Å². The van der Waals surface area contributed by atoms with Gasteiger partial charge in [0.1, 0.15) is 28.8 Å². The molecule has 1 saturated carbocycles. The minimum atomic E-state index is -1.47. The molecule has 0 bridgehead atoms. The van der Waals surface area contributed by atoms with Crippen LogP contribution in [-0.2, 0) is 0 Å². The molecular weight excluding hydrogens is 405 g/mol. The van der Waals surface area contributed by atoms with E-state index in [4.69, 9.17) is 9.97 Å². The van der Waals surface area contributed by atoms with E-state index in [1.165, 1.54) is 6.07 Å². The standard InChI is InChI=1S/C22H23F3N6/c1-12-8-17(12)28-21-22(30-19-11-27-26-10-18(19)29-21)31-6-4-13(5-7-31)20(25)15-3-2-14(23)9-16(15)24/h2-3,9-13,17,20H,4-8H2,1H3,(H,28,29)/t12-,17-,20-/m1/s1. The first kappa shape index (κ1) is 20.0. The molecule has 31 heavy (non-hydrogen) atoms. The zero-order chi connectivity index (χ0) is 21.5. The summed E-state index contributed by atoms with van der Waals surface area (Å²) in [5.41, 5.74) is 1.24. The number of halogens is 3. The maximum Gasteiger partial charge on any atom is 0.172 e. The Kier molecular flexibility index (Phi) is 5.11. The Morgan fingerprint density at radius 3 is 2.39 bits per heavy atom. The quantitative estimate of drug-likeness (QED) is 0.648. The zero-order valence-corrected chi connectivity index (χ0v) is 17.1. The number of nitrogens with zero attached hydrogens (tertiary/aromatic N) is 5. The Balaban J connectivity index is 1.35. The number of rotatable bonds is 5. The van der Waals surface area contributed by atoms with Crippen molar-refractivity contribution in [2.24, 2.45) is 11.8 Å². The number of fused-ring (bicyclic) bond motifs is 1. The van der Waals surface area contributed by atoms with E-state index < -0.39 is 17.8 Å². The fourth-order valence-corrected chi connectivity index (χ4v) is 4.22. The molecule has 1 saturated heterocycles. The maximum atomic E-state index is 15.0. The van der Waals surface area contributed by atoms with Crippen molar-refractivity contribution in [1.82, 2.24) is 20.2 Å². The first-order chi connectivity index (χ1) is 15.0. The molecule has 5 rings (SSSR count). The predicted octanol–water partition coefficient (Wildman–Crippen LogP) is 4.45. The molecule has 1 aliphatic heterocycles. The maximum absolute atomic E-state index is 15.0. The highest BCUT2D eigenvalue weighted by Gasteiger charge is 2.35. The van der Waals surface area contributed by atoms with Crippen LogP contribution < -0.4 is 10.2 Å². The van der Waals surface area contributed by atoms with Crippen LogP contribution in [0, 0.1) is 23.5 Å². The molecule has 0 spiro atoms. The summed E-state index contributed by atoms with van der Waals surface area (Å²) in [4.78, 5) is 11.6. The Labute approximate surface area is 177 Å². The molecule has 0 radical (unpaired) electrons. The third kappa shape index (κ3) is 4.00. The number of anilines is 2. The molecule has 1 N–H and O–H groups in total. The summed E-state index contributed by atoms with van der Waals surface area (Å²) < 4.78 is 42.2. The van der Waals surface area contributed by atoms with Crippen molar-refractivity contribution in [1.29, 1.82) is 0 Å². The van der Waals surface area contributed by atoms with Crippen LogP contribution in [0.2, 0.25) is 0 Å². The highest BCUT2D eigenvalue weighted by Crippen LogP contribution is 2.39. The van der Waals surface area contributed by atoms with E-state index in [2.05, 4.69) is 27.3 Å². The SMILES string of the molecule is C[C@@H]1C[C@H]1Nc1nc2cnncc2nc1N1CCC([C@@H](F)c2ccc(F)cc2F)CC1. The summed E-state index contributed by atoms with van der Waals surface area (Å²) in [5, 5.41) is 11.3. The first-order valence-corrected chi connectivity index (χ1v) is 10.6. The third-order valence-corrected chi connectivity index (χ3v) is 6.30. The number of hydrogen-bond acceptors (Lipinski definition) is 6. The van der Waals surface area contributed by atoms with Crippen molar-refractivity contribution in [2.75, 3.05) is 23.3 Å². The van der Waals surface area contributed by atoms with Crippen LogP contribution in [0.3, 0.4) is 0 Å². The minimum absolute atomic E-state index is 0.0750. The fraction of sp³-hybridized carbons (Fsp3) is 0.455. The Hall–Kier alpha value is -2.97. The molecule has 3 atom stereocenters. The molecule has 1 aliphatic carbocycles. The fourth-order valence-electron chi connectivity index (χ4n) is 4.22. The largest absolute Gasteiger partial charge is 0.364 e. The number of hydrogen-bond donors (Lipinski definition) is 1. The van der Waals surface area contributed by atoms with Gasteiger partial charge >= 0.3 is 0 Å². The molecule has 2 aromatic heterocycles. The van der Waals surface area contributed by atoms with Crippen molar-refractivity contribution in [3.8, 4) is 0 Å². The van der Waals surface area contributed by atoms with Crippen LogP contribution >= 0.6 is 0 Å². The summed E-state index contributed by atoms with van der Waals surface area (Å²) in [6.07, 6.45) is 3.85. The second-order valence-electron chi connectivity index (χ2n) is 8.51. The van der Waals surface area contributed by atoms with Crippen molar-refractivity contribution in [3.05, 3.63) is 47.8 Å². The van der Waals surface area contributed by atoms with Gasteiger partial charge in [0.25, 0.3) is 0 Å². The van der Waals surface area contributed by atoms with Gasteiger partial charge in [-0.1, -0.05) is 13.0 Å². The third-order valence-electron chi connectivity index (χ3n) is 6.30. The molecule has 3 heterocycles. The normalized spacial score (nSPS) is 22.5. The number of benzene rings is 1. The van der Waals surface area contributed by atoms with E-state index in [1.54, 1.807) is 12.4 Å². The van der Waals surface area contributed by atoms with Crippen molar-refractivity contribution in [2.45, 2.75) is 38.4 Å². The monoisotopic (exact) mass is 428 g/mol. The Morgan fingerprint density at radius 1 is 1.06 bits per heavy atom. The van der Waals surface area contributed by atoms with Gasteiger partial charge in [-0.3, -0.25) is 0 Å². The van der Waals surface area contributed by atoms with Crippen LogP contribution in [0.25, 0.3) is 11.0 Å². The average molecular weight is 428 g/mol. The average Bonchev–Trinajstić information content (AvgIpc) is 3.47.